The van der Waals surface area contributed by atoms with Crippen molar-refractivity contribution >= 4 is 25.6 Å². The van der Waals surface area contributed by atoms with Gasteiger partial charge in [0.15, 0.2) is 5.03 Å². The van der Waals surface area contributed by atoms with Crippen molar-refractivity contribution in [2.75, 3.05) is 6.54 Å². The Morgan fingerprint density at radius 1 is 1.43 bits per heavy atom. The first kappa shape index (κ1) is 18.0. The number of aryl methyl sites for hydroxylation is 1. The molecule has 0 spiro atoms. The van der Waals surface area contributed by atoms with Gasteiger partial charge in [-0.1, -0.05) is 20.8 Å². The smallest absolute Gasteiger partial charge is 0.280 e. The van der Waals surface area contributed by atoms with Gasteiger partial charge in [-0.15, -0.1) is 0 Å². The molecule has 6 nitrogen and oxygen atoms in total. The van der Waals surface area contributed by atoms with Gasteiger partial charge in [0.25, 0.3) is 9.05 Å². The maximum absolute atomic E-state index is 12.1. The van der Waals surface area contributed by atoms with E-state index in [4.69, 9.17) is 10.7 Å². The molecule has 8 heteroatoms. The van der Waals surface area contributed by atoms with Gasteiger partial charge in [-0.3, -0.25) is 4.79 Å². The van der Waals surface area contributed by atoms with Crippen LogP contribution in [0.5, 0.6) is 0 Å². The van der Waals surface area contributed by atoms with Crippen LogP contribution in [0.1, 0.15) is 46.0 Å². The minimum absolute atomic E-state index is 0.169. The Kier molecular flexibility index (Phi) is 6.22. The highest BCUT2D eigenvalue weighted by Gasteiger charge is 2.23. The predicted octanol–water partition coefficient (Wildman–Crippen LogP) is 2.10. The minimum atomic E-state index is -3.90. The molecule has 0 aliphatic rings. The molecule has 120 valence electrons. The van der Waals surface area contributed by atoms with Crippen LogP contribution in [0.3, 0.4) is 0 Å². The summed E-state index contributed by atoms with van der Waals surface area (Å²) >= 11 is 0. The summed E-state index contributed by atoms with van der Waals surface area (Å²) in [5.74, 6) is 0.721. The zero-order valence-corrected chi connectivity index (χ0v) is 14.3. The molecule has 0 aliphatic heterocycles. The molecule has 0 bridgehead atoms. The van der Waals surface area contributed by atoms with Crippen LogP contribution in [0.4, 0.5) is 0 Å². The molecule has 1 rings (SSSR count). The quantitative estimate of drug-likeness (QED) is 0.774. The number of hydrogen-bond acceptors (Lipinski definition) is 4. The van der Waals surface area contributed by atoms with Crippen LogP contribution in [0.2, 0.25) is 0 Å². The third-order valence-corrected chi connectivity index (χ3v) is 4.16. The number of hydrogen-bond donors (Lipinski definition) is 1. The lowest BCUT2D eigenvalue weighted by Crippen LogP contribution is -2.33. The molecule has 1 amide bonds. The Hall–Kier alpha value is -1.08. The van der Waals surface area contributed by atoms with Crippen LogP contribution in [-0.4, -0.2) is 30.4 Å². The van der Waals surface area contributed by atoms with Gasteiger partial charge in [0.05, 0.1) is 0 Å². The van der Waals surface area contributed by atoms with E-state index in [-0.39, 0.29) is 10.9 Å². The molecule has 21 heavy (non-hydrogen) atoms. The maximum atomic E-state index is 12.1. The summed E-state index contributed by atoms with van der Waals surface area (Å²) in [7, 11) is 1.43. The first-order chi connectivity index (χ1) is 9.66. The van der Waals surface area contributed by atoms with E-state index in [2.05, 4.69) is 10.3 Å². The number of amides is 1. The highest BCUT2D eigenvalue weighted by molar-refractivity contribution is 8.13. The zero-order valence-electron chi connectivity index (χ0n) is 12.8. The average molecular weight is 336 g/mol. The second-order valence-corrected chi connectivity index (χ2v) is 7.92. The van der Waals surface area contributed by atoms with Gasteiger partial charge in [0.1, 0.15) is 11.9 Å². The largest absolute Gasteiger partial charge is 0.354 e. The van der Waals surface area contributed by atoms with E-state index >= 15 is 0 Å². The topological polar surface area (TPSA) is 81.1 Å². The van der Waals surface area contributed by atoms with Gasteiger partial charge >= 0.3 is 0 Å². The van der Waals surface area contributed by atoms with Crippen molar-refractivity contribution in [3.63, 3.8) is 0 Å². The van der Waals surface area contributed by atoms with E-state index in [0.29, 0.717) is 24.7 Å². The van der Waals surface area contributed by atoms with Crippen LogP contribution in [-0.2, 0) is 20.3 Å². The van der Waals surface area contributed by atoms with E-state index in [0.717, 1.165) is 6.42 Å². The minimum Gasteiger partial charge on any atom is -0.354 e. The molecule has 1 atom stereocenters. The summed E-state index contributed by atoms with van der Waals surface area (Å²) in [6, 6.07) is -0.537. The van der Waals surface area contributed by atoms with Crippen molar-refractivity contribution in [3.8, 4) is 0 Å². The summed E-state index contributed by atoms with van der Waals surface area (Å²) in [6.45, 7) is 8.24. The lowest BCUT2D eigenvalue weighted by Gasteiger charge is -2.17. The number of nitrogens with one attached hydrogen (secondary N) is 1. The first-order valence-corrected chi connectivity index (χ1v) is 9.27. The standard InChI is InChI=1S/C13H22ClN3O3S/c1-5-6-11-16-12(21(14,19)20)8-17(11)10(4)13(18)15-7-9(2)3/h8-10H,5-7H2,1-4H3,(H,15,18). The van der Waals surface area contributed by atoms with Crippen LogP contribution in [0.15, 0.2) is 11.2 Å². The van der Waals surface area contributed by atoms with E-state index in [1.165, 1.54) is 6.20 Å². The van der Waals surface area contributed by atoms with Crippen molar-refractivity contribution in [2.45, 2.75) is 51.6 Å². The Morgan fingerprint density at radius 3 is 2.52 bits per heavy atom. The Balaban J connectivity index is 3.04. The summed E-state index contributed by atoms with van der Waals surface area (Å²) in [5.41, 5.74) is 0. The zero-order chi connectivity index (χ0) is 16.2. The Morgan fingerprint density at radius 2 is 2.05 bits per heavy atom. The fourth-order valence-corrected chi connectivity index (χ4v) is 2.52. The maximum Gasteiger partial charge on any atom is 0.280 e. The molecule has 0 saturated heterocycles. The van der Waals surface area contributed by atoms with Crippen LogP contribution in [0, 0.1) is 5.92 Å². The predicted molar refractivity (Wildman–Crippen MR) is 81.8 cm³/mol. The van der Waals surface area contributed by atoms with Crippen molar-refractivity contribution in [1.29, 1.82) is 0 Å². The lowest BCUT2D eigenvalue weighted by atomic mass is 10.2. The Bertz CT molecular complexity index is 596. The summed E-state index contributed by atoms with van der Waals surface area (Å²) in [5, 5.41) is 2.62. The molecule has 0 fully saturated rings. The lowest BCUT2D eigenvalue weighted by molar-refractivity contribution is -0.124. The molecule has 0 aliphatic carbocycles. The molecule has 1 unspecified atom stereocenters. The van der Waals surface area contributed by atoms with Crippen LogP contribution >= 0.6 is 10.7 Å². The Labute approximate surface area is 130 Å². The van der Waals surface area contributed by atoms with E-state index < -0.39 is 15.1 Å². The molecule has 1 aromatic heterocycles. The number of imidazole rings is 1. The number of rotatable bonds is 7. The van der Waals surface area contributed by atoms with Crippen molar-refractivity contribution < 1.29 is 13.2 Å². The molecular formula is C13H22ClN3O3S. The number of nitrogens with zero attached hydrogens (tertiary/aromatic N) is 2. The van der Waals surface area contributed by atoms with E-state index in [1.807, 2.05) is 20.8 Å². The van der Waals surface area contributed by atoms with Gasteiger partial charge in [-0.05, 0) is 19.3 Å². The molecule has 1 heterocycles. The van der Waals surface area contributed by atoms with E-state index in [1.54, 1.807) is 11.5 Å². The number of halogens is 1. The SMILES string of the molecule is CCCc1nc(S(=O)(=O)Cl)cn1C(C)C(=O)NCC(C)C. The van der Waals surface area contributed by atoms with Crippen LogP contribution in [0.25, 0.3) is 0 Å². The number of carbonyl (C=O) groups is 1. The monoisotopic (exact) mass is 335 g/mol. The second kappa shape index (κ2) is 7.26. The summed E-state index contributed by atoms with van der Waals surface area (Å²) < 4.78 is 24.4. The number of carbonyl (C=O) groups excluding carboxylic acids is 1. The van der Waals surface area contributed by atoms with Crippen molar-refractivity contribution in [1.82, 2.24) is 14.9 Å². The van der Waals surface area contributed by atoms with Gasteiger partial charge in [-0.25, -0.2) is 13.4 Å². The summed E-state index contributed by atoms with van der Waals surface area (Å²) in [6.07, 6.45) is 2.69. The third-order valence-electron chi connectivity index (χ3n) is 2.99. The first-order valence-electron chi connectivity index (χ1n) is 6.96. The molecule has 0 aromatic carbocycles. The summed E-state index contributed by atoms with van der Waals surface area (Å²) in [4.78, 5) is 16.2. The van der Waals surface area contributed by atoms with Gasteiger partial charge < -0.3 is 9.88 Å². The van der Waals surface area contributed by atoms with Crippen molar-refractivity contribution in [2.24, 2.45) is 5.92 Å². The van der Waals surface area contributed by atoms with Crippen LogP contribution < -0.4 is 5.32 Å². The fourth-order valence-electron chi connectivity index (χ4n) is 1.85. The third kappa shape index (κ3) is 5.00. The second-order valence-electron chi connectivity index (χ2n) is 5.41. The van der Waals surface area contributed by atoms with Crippen molar-refractivity contribution in [3.05, 3.63) is 12.0 Å². The number of aromatic nitrogens is 2. The van der Waals surface area contributed by atoms with Gasteiger partial charge in [0.2, 0.25) is 5.91 Å². The highest BCUT2D eigenvalue weighted by atomic mass is 35.7. The van der Waals surface area contributed by atoms with Gasteiger partial charge in [-0.2, -0.15) is 0 Å². The average Bonchev–Trinajstić information content (AvgIpc) is 2.79. The normalized spacial score (nSPS) is 13.4. The van der Waals surface area contributed by atoms with E-state index in [9.17, 15) is 13.2 Å². The molecule has 0 radical (unpaired) electrons. The molecule has 1 N–H and O–H groups in total. The molecular weight excluding hydrogens is 314 g/mol. The molecule has 1 aromatic rings. The fraction of sp³-hybridized carbons (Fsp3) is 0.692. The van der Waals surface area contributed by atoms with Gasteiger partial charge in [0, 0.05) is 29.8 Å². The molecule has 0 saturated carbocycles. The highest BCUT2D eigenvalue weighted by Crippen LogP contribution is 2.19.